The zero-order valence-electron chi connectivity index (χ0n) is 17.1. The lowest BCUT2D eigenvalue weighted by Gasteiger charge is -2.20. The van der Waals surface area contributed by atoms with Gasteiger partial charge in [0.15, 0.2) is 6.61 Å². The van der Waals surface area contributed by atoms with Crippen molar-refractivity contribution in [1.29, 1.82) is 0 Å². The van der Waals surface area contributed by atoms with E-state index >= 15 is 0 Å². The van der Waals surface area contributed by atoms with Crippen LogP contribution in [-0.2, 0) is 11.2 Å². The fourth-order valence-corrected chi connectivity index (χ4v) is 3.51. The zero-order valence-corrected chi connectivity index (χ0v) is 17.1. The average molecular weight is 409 g/mol. The highest BCUT2D eigenvalue weighted by molar-refractivity contribution is 5.78. The van der Waals surface area contributed by atoms with Crippen LogP contribution in [0.3, 0.4) is 0 Å². The lowest BCUT2D eigenvalue weighted by molar-refractivity contribution is -0.123. The Kier molecular flexibility index (Phi) is 6.71. The van der Waals surface area contributed by atoms with Crippen LogP contribution in [0.25, 0.3) is 0 Å². The number of nitrogens with zero attached hydrogens (tertiary/aromatic N) is 1. The van der Waals surface area contributed by atoms with Crippen molar-refractivity contribution in [1.82, 2.24) is 10.3 Å². The fraction of sp³-hybridized carbons (Fsp3) is 0.111. The van der Waals surface area contributed by atoms with Crippen LogP contribution in [0, 0.1) is 0 Å². The summed E-state index contributed by atoms with van der Waals surface area (Å²) in [7, 11) is 0. The van der Waals surface area contributed by atoms with Gasteiger partial charge in [-0.1, -0.05) is 78.9 Å². The number of hydrogen-bond acceptors (Lipinski definition) is 3. The molecule has 1 heterocycles. The fourth-order valence-electron chi connectivity index (χ4n) is 3.51. The maximum atomic E-state index is 12.8. The van der Waals surface area contributed by atoms with Gasteiger partial charge in [-0.05, 0) is 40.5 Å². The lowest BCUT2D eigenvalue weighted by Crippen LogP contribution is -2.33. The molecule has 1 N–H and O–H groups in total. The molecule has 1 aromatic heterocycles. The summed E-state index contributed by atoms with van der Waals surface area (Å²) in [5, 5.41) is 3.10. The van der Waals surface area contributed by atoms with E-state index in [1.807, 2.05) is 84.9 Å². The Morgan fingerprint density at radius 3 is 2.13 bits per heavy atom. The molecule has 0 fully saturated rings. The van der Waals surface area contributed by atoms with E-state index in [4.69, 9.17) is 4.74 Å². The van der Waals surface area contributed by atoms with E-state index in [0.29, 0.717) is 0 Å². The van der Waals surface area contributed by atoms with Crippen LogP contribution in [0.5, 0.6) is 5.75 Å². The minimum atomic E-state index is -0.264. The molecule has 0 radical (unpaired) electrons. The van der Waals surface area contributed by atoms with Gasteiger partial charge in [-0.2, -0.15) is 0 Å². The van der Waals surface area contributed by atoms with Gasteiger partial charge < -0.3 is 10.1 Å². The third-order valence-corrected chi connectivity index (χ3v) is 5.05. The molecule has 4 heteroatoms. The first-order valence-corrected chi connectivity index (χ1v) is 10.3. The molecule has 3 aromatic carbocycles. The number of pyridine rings is 1. The van der Waals surface area contributed by atoms with Gasteiger partial charge in [0, 0.05) is 18.8 Å². The van der Waals surface area contributed by atoms with Gasteiger partial charge in [-0.15, -0.1) is 0 Å². The Morgan fingerprint density at radius 1 is 0.774 bits per heavy atom. The molecule has 4 rings (SSSR count). The highest BCUT2D eigenvalue weighted by Gasteiger charge is 2.17. The van der Waals surface area contributed by atoms with E-state index in [9.17, 15) is 4.79 Å². The molecule has 4 nitrogen and oxygen atoms in total. The Hall–Kier alpha value is -3.92. The molecule has 0 aliphatic rings. The van der Waals surface area contributed by atoms with Crippen LogP contribution in [0.4, 0.5) is 0 Å². The van der Waals surface area contributed by atoms with Gasteiger partial charge in [0.1, 0.15) is 5.75 Å². The summed E-state index contributed by atoms with van der Waals surface area (Å²) in [5.41, 5.74) is 4.23. The van der Waals surface area contributed by atoms with Crippen molar-refractivity contribution in [3.63, 3.8) is 0 Å². The molecule has 0 aliphatic carbocycles. The summed E-state index contributed by atoms with van der Waals surface area (Å²) in [6.45, 7) is -0.0553. The third-order valence-electron chi connectivity index (χ3n) is 5.05. The lowest BCUT2D eigenvalue weighted by atomic mass is 10.00. The standard InChI is InChI=1S/C27H24N2O2/c30-26(29-27(22-11-5-2-6-12-22)23-15-17-28-18-16-23)20-31-25-14-8-7-13-24(25)19-21-9-3-1-4-10-21/h1-18,27H,19-20H2,(H,29,30). The first-order valence-electron chi connectivity index (χ1n) is 10.3. The van der Waals surface area contributed by atoms with Gasteiger partial charge in [0.25, 0.3) is 5.91 Å². The molecule has 0 saturated heterocycles. The number of benzene rings is 3. The summed E-state index contributed by atoms with van der Waals surface area (Å²) >= 11 is 0. The first-order chi connectivity index (χ1) is 15.3. The highest BCUT2D eigenvalue weighted by Crippen LogP contribution is 2.23. The molecule has 154 valence electrons. The number of hydrogen-bond donors (Lipinski definition) is 1. The summed E-state index contributed by atoms with van der Waals surface area (Å²) in [5.74, 6) is 0.543. The molecule has 0 aliphatic heterocycles. The Morgan fingerprint density at radius 2 is 1.39 bits per heavy atom. The minimum Gasteiger partial charge on any atom is -0.483 e. The number of amides is 1. The molecule has 0 spiro atoms. The number of ether oxygens (including phenoxy) is 1. The van der Waals surface area contributed by atoms with E-state index in [1.54, 1.807) is 12.4 Å². The highest BCUT2D eigenvalue weighted by atomic mass is 16.5. The van der Waals surface area contributed by atoms with Crippen molar-refractivity contribution < 1.29 is 9.53 Å². The van der Waals surface area contributed by atoms with Crippen LogP contribution >= 0.6 is 0 Å². The van der Waals surface area contributed by atoms with Crippen molar-refractivity contribution in [3.05, 3.63) is 132 Å². The van der Waals surface area contributed by atoms with Crippen molar-refractivity contribution >= 4 is 5.91 Å². The number of carbonyl (C=O) groups excluding carboxylic acids is 1. The Bertz CT molecular complexity index is 1060. The van der Waals surface area contributed by atoms with Crippen LogP contribution in [-0.4, -0.2) is 17.5 Å². The molecule has 1 atom stereocenters. The van der Waals surface area contributed by atoms with Gasteiger partial charge in [0.2, 0.25) is 0 Å². The van der Waals surface area contributed by atoms with Gasteiger partial charge in [0.05, 0.1) is 6.04 Å². The molecule has 1 amide bonds. The van der Waals surface area contributed by atoms with Crippen LogP contribution in [0.1, 0.15) is 28.3 Å². The number of nitrogens with one attached hydrogen (secondary N) is 1. The van der Waals surface area contributed by atoms with Crippen molar-refractivity contribution in [2.45, 2.75) is 12.5 Å². The average Bonchev–Trinajstić information content (AvgIpc) is 2.84. The van der Waals surface area contributed by atoms with Crippen LogP contribution < -0.4 is 10.1 Å². The Balaban J connectivity index is 1.45. The molecular weight excluding hydrogens is 384 g/mol. The molecular formula is C27H24N2O2. The summed E-state index contributed by atoms with van der Waals surface area (Å²) in [4.78, 5) is 16.9. The third kappa shape index (κ3) is 5.58. The van der Waals surface area contributed by atoms with E-state index in [-0.39, 0.29) is 18.6 Å². The molecule has 0 saturated carbocycles. The monoisotopic (exact) mass is 408 g/mol. The van der Waals surface area contributed by atoms with Crippen LogP contribution in [0.2, 0.25) is 0 Å². The van der Waals surface area contributed by atoms with Gasteiger partial charge in [-0.3, -0.25) is 9.78 Å². The normalized spacial score (nSPS) is 11.5. The summed E-state index contributed by atoms with van der Waals surface area (Å²) < 4.78 is 5.92. The summed E-state index contributed by atoms with van der Waals surface area (Å²) in [6, 6.07) is 31.5. The Labute approximate surface area is 182 Å². The molecule has 4 aromatic rings. The number of carbonyl (C=O) groups is 1. The van der Waals surface area contributed by atoms with Crippen molar-refractivity contribution in [2.75, 3.05) is 6.61 Å². The van der Waals surface area contributed by atoms with Crippen molar-refractivity contribution in [2.24, 2.45) is 0 Å². The van der Waals surface area contributed by atoms with E-state index in [0.717, 1.165) is 28.9 Å². The van der Waals surface area contributed by atoms with Gasteiger partial charge >= 0.3 is 0 Å². The molecule has 1 unspecified atom stereocenters. The maximum absolute atomic E-state index is 12.8. The maximum Gasteiger partial charge on any atom is 0.258 e. The second-order valence-electron chi connectivity index (χ2n) is 7.25. The second kappa shape index (κ2) is 10.2. The molecule has 0 bridgehead atoms. The SMILES string of the molecule is O=C(COc1ccccc1Cc1ccccc1)NC(c1ccccc1)c1ccncc1. The van der Waals surface area contributed by atoms with Gasteiger partial charge in [-0.25, -0.2) is 0 Å². The summed E-state index contributed by atoms with van der Waals surface area (Å²) in [6.07, 6.45) is 4.21. The zero-order chi connectivity index (χ0) is 21.3. The predicted molar refractivity (Wildman–Crippen MR) is 122 cm³/mol. The number of para-hydroxylation sites is 1. The number of aromatic nitrogens is 1. The minimum absolute atomic E-state index is 0.0553. The second-order valence-corrected chi connectivity index (χ2v) is 7.25. The van der Waals surface area contributed by atoms with Crippen molar-refractivity contribution in [3.8, 4) is 5.75 Å². The van der Waals surface area contributed by atoms with E-state index in [2.05, 4.69) is 22.4 Å². The number of rotatable bonds is 8. The van der Waals surface area contributed by atoms with E-state index in [1.165, 1.54) is 5.56 Å². The molecule has 31 heavy (non-hydrogen) atoms. The van der Waals surface area contributed by atoms with E-state index < -0.39 is 0 Å². The smallest absolute Gasteiger partial charge is 0.258 e. The quantitative estimate of drug-likeness (QED) is 0.448. The first kappa shape index (κ1) is 20.4. The predicted octanol–water partition coefficient (Wildman–Crippen LogP) is 4.96. The topological polar surface area (TPSA) is 51.2 Å². The van der Waals surface area contributed by atoms with Crippen LogP contribution in [0.15, 0.2) is 109 Å². The largest absolute Gasteiger partial charge is 0.483 e.